The van der Waals surface area contributed by atoms with Gasteiger partial charge in [0.1, 0.15) is 0 Å². The summed E-state index contributed by atoms with van der Waals surface area (Å²) in [6.07, 6.45) is 0.878. The van der Waals surface area contributed by atoms with E-state index in [-0.39, 0.29) is 11.9 Å². The molecular formula is C26H24N2OS. The second kappa shape index (κ2) is 8.04. The Morgan fingerprint density at radius 1 is 1.00 bits per heavy atom. The Labute approximate surface area is 181 Å². The molecule has 1 atom stereocenters. The Morgan fingerprint density at radius 2 is 1.73 bits per heavy atom. The van der Waals surface area contributed by atoms with Crippen molar-refractivity contribution in [3.8, 4) is 0 Å². The van der Waals surface area contributed by atoms with E-state index in [9.17, 15) is 4.79 Å². The number of aromatic amines is 1. The number of thioether (sulfide) groups is 1. The van der Waals surface area contributed by atoms with Gasteiger partial charge in [-0.3, -0.25) is 4.79 Å². The van der Waals surface area contributed by atoms with Gasteiger partial charge in [0.05, 0.1) is 11.8 Å². The highest BCUT2D eigenvalue weighted by molar-refractivity contribution is 8.00. The second-order valence-corrected chi connectivity index (χ2v) is 8.86. The van der Waals surface area contributed by atoms with Crippen LogP contribution in [0.5, 0.6) is 0 Å². The van der Waals surface area contributed by atoms with Crippen LogP contribution in [0.1, 0.15) is 28.4 Å². The van der Waals surface area contributed by atoms with Crippen molar-refractivity contribution in [1.82, 2.24) is 9.88 Å². The topological polar surface area (TPSA) is 36.1 Å². The van der Waals surface area contributed by atoms with E-state index in [4.69, 9.17) is 0 Å². The highest BCUT2D eigenvalue weighted by Crippen LogP contribution is 2.39. The molecule has 150 valence electrons. The van der Waals surface area contributed by atoms with Gasteiger partial charge in [0.15, 0.2) is 0 Å². The van der Waals surface area contributed by atoms with Crippen LogP contribution in [0.15, 0.2) is 83.8 Å². The van der Waals surface area contributed by atoms with Crippen LogP contribution in [-0.4, -0.2) is 28.1 Å². The minimum absolute atomic E-state index is 0.0781. The lowest BCUT2D eigenvalue weighted by molar-refractivity contribution is -0.130. The van der Waals surface area contributed by atoms with Gasteiger partial charge in [-0.25, -0.2) is 0 Å². The minimum atomic E-state index is -0.0781. The SMILES string of the molecule is Cc1ccc([C@H]2c3[nH]c4ccccc4c3CCN2C(=O)CSc2ccccc2)cc1. The number of benzene rings is 3. The van der Waals surface area contributed by atoms with Crippen LogP contribution in [0.4, 0.5) is 0 Å². The maximum absolute atomic E-state index is 13.3. The van der Waals surface area contributed by atoms with Gasteiger partial charge in [-0.05, 0) is 42.7 Å². The number of amides is 1. The molecule has 0 radical (unpaired) electrons. The lowest BCUT2D eigenvalue weighted by atomic mass is 9.92. The van der Waals surface area contributed by atoms with E-state index in [0.717, 1.165) is 34.6 Å². The molecule has 4 heteroatoms. The predicted molar refractivity (Wildman–Crippen MR) is 124 cm³/mol. The minimum Gasteiger partial charge on any atom is -0.356 e. The van der Waals surface area contributed by atoms with Gasteiger partial charge in [-0.15, -0.1) is 11.8 Å². The zero-order valence-electron chi connectivity index (χ0n) is 17.0. The predicted octanol–water partition coefficient (Wildman–Crippen LogP) is 5.74. The Bertz CT molecular complexity index is 1180. The molecule has 1 amide bonds. The molecule has 1 aromatic heterocycles. The first kappa shape index (κ1) is 19.0. The largest absolute Gasteiger partial charge is 0.356 e. The molecule has 1 N–H and O–H groups in total. The van der Waals surface area contributed by atoms with Crippen LogP contribution in [0.25, 0.3) is 10.9 Å². The number of hydrogen-bond acceptors (Lipinski definition) is 2. The number of carbonyl (C=O) groups excluding carboxylic acids is 1. The van der Waals surface area contributed by atoms with Gasteiger partial charge in [-0.1, -0.05) is 66.2 Å². The summed E-state index contributed by atoms with van der Waals surface area (Å²) in [6.45, 7) is 2.83. The highest BCUT2D eigenvalue weighted by atomic mass is 32.2. The molecule has 0 fully saturated rings. The van der Waals surface area contributed by atoms with E-state index in [1.807, 2.05) is 18.2 Å². The maximum atomic E-state index is 13.3. The van der Waals surface area contributed by atoms with Crippen molar-refractivity contribution in [2.24, 2.45) is 0 Å². The molecule has 0 spiro atoms. The van der Waals surface area contributed by atoms with E-state index >= 15 is 0 Å². The first-order valence-corrected chi connectivity index (χ1v) is 11.3. The van der Waals surface area contributed by atoms with Crippen molar-refractivity contribution >= 4 is 28.6 Å². The molecular weight excluding hydrogens is 388 g/mol. The third kappa shape index (κ3) is 3.52. The lowest BCUT2D eigenvalue weighted by Crippen LogP contribution is -2.41. The molecule has 0 saturated heterocycles. The summed E-state index contributed by atoms with van der Waals surface area (Å²) in [4.78, 5) is 20.2. The Balaban J connectivity index is 1.51. The van der Waals surface area contributed by atoms with E-state index in [0.29, 0.717) is 5.75 Å². The van der Waals surface area contributed by atoms with Gasteiger partial charge in [0.25, 0.3) is 0 Å². The Kier molecular flexibility index (Phi) is 5.09. The molecule has 4 aromatic rings. The first-order chi connectivity index (χ1) is 14.7. The van der Waals surface area contributed by atoms with Crippen molar-refractivity contribution < 1.29 is 4.79 Å². The zero-order chi connectivity index (χ0) is 20.5. The number of fused-ring (bicyclic) bond motifs is 3. The average molecular weight is 413 g/mol. The lowest BCUT2D eigenvalue weighted by Gasteiger charge is -2.36. The summed E-state index contributed by atoms with van der Waals surface area (Å²) >= 11 is 1.61. The van der Waals surface area contributed by atoms with E-state index in [2.05, 4.69) is 77.5 Å². The van der Waals surface area contributed by atoms with E-state index < -0.39 is 0 Å². The first-order valence-electron chi connectivity index (χ1n) is 10.3. The number of hydrogen-bond donors (Lipinski definition) is 1. The third-order valence-electron chi connectivity index (χ3n) is 5.85. The van der Waals surface area contributed by atoms with Crippen LogP contribution in [0.3, 0.4) is 0 Å². The molecule has 0 bridgehead atoms. The summed E-state index contributed by atoms with van der Waals surface area (Å²) in [5.74, 6) is 0.626. The normalized spacial score (nSPS) is 15.9. The molecule has 0 aliphatic carbocycles. The number of H-pyrrole nitrogens is 1. The number of nitrogens with one attached hydrogen (secondary N) is 1. The van der Waals surface area contributed by atoms with Crippen molar-refractivity contribution in [2.45, 2.75) is 24.3 Å². The molecule has 0 unspecified atom stereocenters. The van der Waals surface area contributed by atoms with Crippen LogP contribution >= 0.6 is 11.8 Å². The molecule has 3 nitrogen and oxygen atoms in total. The van der Waals surface area contributed by atoms with Gasteiger partial charge in [0, 0.05) is 28.0 Å². The molecule has 5 rings (SSSR count). The summed E-state index contributed by atoms with van der Waals surface area (Å²) in [5, 5.41) is 1.27. The van der Waals surface area contributed by atoms with Gasteiger partial charge in [0.2, 0.25) is 5.91 Å². The monoisotopic (exact) mass is 412 g/mol. The Morgan fingerprint density at radius 3 is 2.53 bits per heavy atom. The number of nitrogens with zero attached hydrogens (tertiary/aromatic N) is 1. The molecule has 30 heavy (non-hydrogen) atoms. The number of aryl methyl sites for hydroxylation is 1. The van der Waals surface area contributed by atoms with Crippen molar-refractivity contribution in [3.05, 3.63) is 101 Å². The third-order valence-corrected chi connectivity index (χ3v) is 6.85. The average Bonchev–Trinajstić information content (AvgIpc) is 3.17. The summed E-state index contributed by atoms with van der Waals surface area (Å²) in [5.41, 5.74) is 6.03. The standard InChI is InChI=1S/C26H24N2OS/c1-18-11-13-19(14-12-18)26-25-22(21-9-5-6-10-23(21)27-25)15-16-28(26)24(29)17-30-20-7-3-2-4-8-20/h2-14,26-27H,15-17H2,1H3/t26-/m0/s1. The smallest absolute Gasteiger partial charge is 0.233 e. The fourth-order valence-corrected chi connectivity index (χ4v) is 5.16. The molecule has 1 aliphatic heterocycles. The van der Waals surface area contributed by atoms with Crippen LogP contribution < -0.4 is 0 Å². The summed E-state index contributed by atoms with van der Waals surface area (Å²) in [6, 6.07) is 27.1. The van der Waals surface area contributed by atoms with E-state index in [1.54, 1.807) is 11.8 Å². The highest BCUT2D eigenvalue weighted by Gasteiger charge is 2.34. The van der Waals surface area contributed by atoms with Gasteiger partial charge in [-0.2, -0.15) is 0 Å². The van der Waals surface area contributed by atoms with Crippen LogP contribution in [0, 0.1) is 6.92 Å². The molecule has 0 saturated carbocycles. The molecule has 2 heterocycles. The van der Waals surface area contributed by atoms with Crippen LogP contribution in [0.2, 0.25) is 0 Å². The number of aromatic nitrogens is 1. The second-order valence-electron chi connectivity index (χ2n) is 7.81. The fourth-order valence-electron chi connectivity index (χ4n) is 4.35. The van der Waals surface area contributed by atoms with Crippen LogP contribution in [-0.2, 0) is 11.2 Å². The summed E-state index contributed by atoms with van der Waals surface area (Å²) in [7, 11) is 0. The van der Waals surface area contributed by atoms with E-state index in [1.165, 1.54) is 16.5 Å². The maximum Gasteiger partial charge on any atom is 0.233 e. The van der Waals surface area contributed by atoms with Gasteiger partial charge >= 0.3 is 0 Å². The number of rotatable bonds is 4. The van der Waals surface area contributed by atoms with Gasteiger partial charge < -0.3 is 9.88 Å². The fraction of sp³-hybridized carbons (Fsp3) is 0.192. The van der Waals surface area contributed by atoms with Crippen molar-refractivity contribution in [3.63, 3.8) is 0 Å². The molecule has 3 aromatic carbocycles. The number of para-hydroxylation sites is 1. The number of carbonyl (C=O) groups is 1. The Hall–Kier alpha value is -2.98. The summed E-state index contributed by atoms with van der Waals surface area (Å²) < 4.78 is 0. The molecule has 1 aliphatic rings. The zero-order valence-corrected chi connectivity index (χ0v) is 17.8. The van der Waals surface area contributed by atoms with Crippen molar-refractivity contribution in [1.29, 1.82) is 0 Å². The van der Waals surface area contributed by atoms with Crippen molar-refractivity contribution in [2.75, 3.05) is 12.3 Å². The quantitative estimate of drug-likeness (QED) is 0.434.